The van der Waals surface area contributed by atoms with Crippen LogP contribution in [0.4, 0.5) is 5.69 Å². The van der Waals surface area contributed by atoms with Crippen molar-refractivity contribution >= 4 is 33.2 Å². The number of carbonyl (C=O) groups excluding carboxylic acids is 1. The fourth-order valence-electron chi connectivity index (χ4n) is 2.47. The van der Waals surface area contributed by atoms with Crippen LogP contribution in [0.1, 0.15) is 11.1 Å². The number of sulfonamides is 1. The number of nitrogens with one attached hydrogen (secondary N) is 1. The second kappa shape index (κ2) is 8.07. The van der Waals surface area contributed by atoms with Crippen molar-refractivity contribution in [3.63, 3.8) is 0 Å². The summed E-state index contributed by atoms with van der Waals surface area (Å²) in [6.45, 7) is 3.44. The van der Waals surface area contributed by atoms with Gasteiger partial charge in [0.1, 0.15) is 5.75 Å². The minimum atomic E-state index is -3.86. The fraction of sp³-hybridized carbons (Fsp3) is 0.278. The largest absolute Gasteiger partial charge is 0.495 e. The van der Waals surface area contributed by atoms with E-state index in [9.17, 15) is 13.2 Å². The molecule has 26 heavy (non-hydrogen) atoms. The quantitative estimate of drug-likeness (QED) is 0.813. The molecule has 0 saturated heterocycles. The van der Waals surface area contributed by atoms with Crippen molar-refractivity contribution in [3.05, 3.63) is 52.5 Å². The zero-order valence-corrected chi connectivity index (χ0v) is 16.6. The monoisotopic (exact) mass is 396 g/mol. The molecule has 0 spiro atoms. The van der Waals surface area contributed by atoms with Gasteiger partial charge in [-0.1, -0.05) is 29.8 Å². The molecule has 0 aliphatic rings. The van der Waals surface area contributed by atoms with Gasteiger partial charge in [-0.05, 0) is 43.2 Å². The number of likely N-dealkylation sites (N-methyl/N-ethyl adjacent to an activating group) is 1. The van der Waals surface area contributed by atoms with E-state index in [0.29, 0.717) is 11.4 Å². The number of para-hydroxylation sites is 1. The van der Waals surface area contributed by atoms with Crippen molar-refractivity contribution in [3.8, 4) is 5.75 Å². The molecule has 0 unspecified atom stereocenters. The molecular formula is C18H21ClN2O4S. The van der Waals surface area contributed by atoms with Gasteiger partial charge in [-0.3, -0.25) is 4.79 Å². The van der Waals surface area contributed by atoms with Gasteiger partial charge in [-0.15, -0.1) is 0 Å². The molecule has 2 aromatic rings. The zero-order valence-electron chi connectivity index (χ0n) is 15.0. The van der Waals surface area contributed by atoms with Crippen LogP contribution in [-0.4, -0.2) is 39.3 Å². The lowest BCUT2D eigenvalue weighted by Gasteiger charge is -2.18. The maximum absolute atomic E-state index is 12.7. The summed E-state index contributed by atoms with van der Waals surface area (Å²) in [6.07, 6.45) is 0. The van der Waals surface area contributed by atoms with E-state index in [1.54, 1.807) is 0 Å². The average Bonchev–Trinajstić information content (AvgIpc) is 2.58. The van der Waals surface area contributed by atoms with E-state index in [1.165, 1.54) is 32.4 Å². The van der Waals surface area contributed by atoms with E-state index in [0.717, 1.165) is 15.4 Å². The SMILES string of the molecule is COc1ccc(S(=O)(=O)N(C)CC(=O)Nc2c(C)cccc2C)cc1Cl. The third-order valence-electron chi connectivity index (χ3n) is 3.94. The predicted octanol–water partition coefficient (Wildman–Crippen LogP) is 3.22. The first-order chi connectivity index (χ1) is 12.2. The van der Waals surface area contributed by atoms with E-state index in [4.69, 9.17) is 16.3 Å². The standard InChI is InChI=1S/C18H21ClN2O4S/c1-12-6-5-7-13(2)18(12)20-17(22)11-21(3)26(23,24)14-8-9-16(25-4)15(19)10-14/h5-10H,11H2,1-4H3,(H,20,22). The number of halogens is 1. The van der Waals surface area contributed by atoms with Crippen molar-refractivity contribution in [2.24, 2.45) is 0 Å². The smallest absolute Gasteiger partial charge is 0.243 e. The highest BCUT2D eigenvalue weighted by Crippen LogP contribution is 2.28. The molecule has 0 atom stereocenters. The lowest BCUT2D eigenvalue weighted by molar-refractivity contribution is -0.116. The summed E-state index contributed by atoms with van der Waals surface area (Å²) in [5.41, 5.74) is 2.51. The number of amides is 1. The molecule has 0 radical (unpaired) electrons. The van der Waals surface area contributed by atoms with Gasteiger partial charge < -0.3 is 10.1 Å². The average molecular weight is 397 g/mol. The Morgan fingerprint density at radius 2 is 1.81 bits per heavy atom. The Bertz CT molecular complexity index is 909. The number of hydrogen-bond donors (Lipinski definition) is 1. The van der Waals surface area contributed by atoms with Gasteiger partial charge in [0, 0.05) is 12.7 Å². The Kier molecular flexibility index (Phi) is 6.28. The Morgan fingerprint density at radius 1 is 1.19 bits per heavy atom. The molecule has 140 valence electrons. The molecule has 0 aliphatic heterocycles. The Balaban J connectivity index is 2.16. The Labute approximate surface area is 158 Å². The summed E-state index contributed by atoms with van der Waals surface area (Å²) in [4.78, 5) is 12.3. The van der Waals surface area contributed by atoms with E-state index < -0.39 is 15.9 Å². The van der Waals surface area contributed by atoms with Crippen LogP contribution in [-0.2, 0) is 14.8 Å². The second-order valence-electron chi connectivity index (χ2n) is 5.87. The number of methoxy groups -OCH3 is 1. The number of ether oxygens (including phenoxy) is 1. The molecule has 0 bridgehead atoms. The van der Waals surface area contributed by atoms with Gasteiger partial charge in [0.25, 0.3) is 0 Å². The van der Waals surface area contributed by atoms with Crippen LogP contribution in [0.5, 0.6) is 5.75 Å². The first-order valence-electron chi connectivity index (χ1n) is 7.82. The van der Waals surface area contributed by atoms with Crippen molar-refractivity contribution in [1.82, 2.24) is 4.31 Å². The molecule has 1 N–H and O–H groups in total. The van der Waals surface area contributed by atoms with Crippen LogP contribution in [0, 0.1) is 13.8 Å². The van der Waals surface area contributed by atoms with Crippen LogP contribution in [0.15, 0.2) is 41.3 Å². The molecule has 0 saturated carbocycles. The summed E-state index contributed by atoms with van der Waals surface area (Å²) in [5, 5.41) is 2.95. The molecule has 0 aliphatic carbocycles. The third kappa shape index (κ3) is 4.35. The summed E-state index contributed by atoms with van der Waals surface area (Å²) >= 11 is 6.00. The third-order valence-corrected chi connectivity index (χ3v) is 6.04. The van der Waals surface area contributed by atoms with Gasteiger partial charge in [0.05, 0.1) is 23.6 Å². The summed E-state index contributed by atoms with van der Waals surface area (Å²) in [6, 6.07) is 9.81. The number of rotatable bonds is 6. The minimum absolute atomic E-state index is 0.00864. The van der Waals surface area contributed by atoms with E-state index >= 15 is 0 Å². The van der Waals surface area contributed by atoms with Gasteiger partial charge in [0.15, 0.2) is 0 Å². The number of anilines is 1. The zero-order chi connectivity index (χ0) is 19.5. The molecule has 0 aromatic heterocycles. The number of aryl methyl sites for hydroxylation is 2. The first-order valence-corrected chi connectivity index (χ1v) is 9.64. The first kappa shape index (κ1) is 20.2. The highest BCUT2D eigenvalue weighted by atomic mass is 35.5. The van der Waals surface area contributed by atoms with Crippen LogP contribution in [0.3, 0.4) is 0 Å². The second-order valence-corrected chi connectivity index (χ2v) is 8.32. The molecule has 2 aromatic carbocycles. The maximum Gasteiger partial charge on any atom is 0.243 e. The molecule has 6 nitrogen and oxygen atoms in total. The summed E-state index contributed by atoms with van der Waals surface area (Å²) in [7, 11) is -1.07. The van der Waals surface area contributed by atoms with Crippen LogP contribution >= 0.6 is 11.6 Å². The topological polar surface area (TPSA) is 75.7 Å². The Hall–Kier alpha value is -2.09. The lowest BCUT2D eigenvalue weighted by Crippen LogP contribution is -2.35. The molecule has 8 heteroatoms. The maximum atomic E-state index is 12.7. The molecule has 2 rings (SSSR count). The number of carbonyl (C=O) groups is 1. The summed E-state index contributed by atoms with van der Waals surface area (Å²) in [5.74, 6) is -0.0471. The van der Waals surface area contributed by atoms with Gasteiger partial charge in [0.2, 0.25) is 15.9 Å². The van der Waals surface area contributed by atoms with Crippen molar-refractivity contribution in [2.45, 2.75) is 18.7 Å². The molecule has 0 heterocycles. The van der Waals surface area contributed by atoms with Crippen LogP contribution in [0.2, 0.25) is 5.02 Å². The highest BCUT2D eigenvalue weighted by molar-refractivity contribution is 7.89. The molecule has 1 amide bonds. The van der Waals surface area contributed by atoms with Crippen molar-refractivity contribution in [1.29, 1.82) is 0 Å². The van der Waals surface area contributed by atoms with Gasteiger partial charge in [-0.2, -0.15) is 4.31 Å². The van der Waals surface area contributed by atoms with Crippen LogP contribution < -0.4 is 10.1 Å². The lowest BCUT2D eigenvalue weighted by atomic mass is 10.1. The minimum Gasteiger partial charge on any atom is -0.495 e. The number of nitrogens with zero attached hydrogens (tertiary/aromatic N) is 1. The number of hydrogen-bond acceptors (Lipinski definition) is 4. The van der Waals surface area contributed by atoms with Crippen LogP contribution in [0.25, 0.3) is 0 Å². The normalized spacial score (nSPS) is 11.5. The fourth-order valence-corrected chi connectivity index (χ4v) is 3.94. The van der Waals surface area contributed by atoms with E-state index in [-0.39, 0.29) is 16.5 Å². The highest BCUT2D eigenvalue weighted by Gasteiger charge is 2.24. The number of benzene rings is 2. The van der Waals surface area contributed by atoms with Crippen molar-refractivity contribution in [2.75, 3.05) is 26.0 Å². The molecule has 0 fully saturated rings. The van der Waals surface area contributed by atoms with E-state index in [2.05, 4.69) is 5.32 Å². The molecular weight excluding hydrogens is 376 g/mol. The Morgan fingerprint density at radius 3 is 2.35 bits per heavy atom. The van der Waals surface area contributed by atoms with E-state index in [1.807, 2.05) is 32.0 Å². The predicted molar refractivity (Wildman–Crippen MR) is 102 cm³/mol. The summed E-state index contributed by atoms with van der Waals surface area (Å²) < 4.78 is 31.3. The van der Waals surface area contributed by atoms with Crippen molar-refractivity contribution < 1.29 is 17.9 Å². The van der Waals surface area contributed by atoms with Gasteiger partial charge >= 0.3 is 0 Å². The van der Waals surface area contributed by atoms with Gasteiger partial charge in [-0.25, -0.2) is 8.42 Å².